The molecule has 1 atom stereocenters. The van der Waals surface area contributed by atoms with Crippen molar-refractivity contribution in [3.05, 3.63) is 53.9 Å². The number of benzene rings is 1. The summed E-state index contributed by atoms with van der Waals surface area (Å²) >= 11 is 5.94. The standard InChI is InChI=1S/C17H24ClN3/c1-3-15(2)21-11-9-17(19-21)14-20(12-10-18)13-16-7-5-4-6-8-16/h4-9,11,15H,3,10,12-14H2,1-2H3. The van der Waals surface area contributed by atoms with Gasteiger partial charge in [0.2, 0.25) is 0 Å². The minimum atomic E-state index is 0.453. The van der Waals surface area contributed by atoms with Crippen molar-refractivity contribution in [1.29, 1.82) is 0 Å². The van der Waals surface area contributed by atoms with Crippen LogP contribution in [0, 0.1) is 0 Å². The van der Waals surface area contributed by atoms with E-state index in [1.54, 1.807) is 0 Å². The fourth-order valence-electron chi connectivity index (χ4n) is 2.30. The van der Waals surface area contributed by atoms with E-state index < -0.39 is 0 Å². The highest BCUT2D eigenvalue weighted by Gasteiger charge is 2.10. The Bertz CT molecular complexity index is 524. The minimum absolute atomic E-state index is 0.453. The van der Waals surface area contributed by atoms with Gasteiger partial charge < -0.3 is 0 Å². The van der Waals surface area contributed by atoms with Crippen molar-refractivity contribution in [2.45, 2.75) is 39.4 Å². The largest absolute Gasteiger partial charge is 0.292 e. The van der Waals surface area contributed by atoms with Crippen molar-refractivity contribution < 1.29 is 0 Å². The summed E-state index contributed by atoms with van der Waals surface area (Å²) in [7, 11) is 0. The van der Waals surface area contributed by atoms with Gasteiger partial charge in [-0.15, -0.1) is 11.6 Å². The molecule has 0 bridgehead atoms. The first kappa shape index (κ1) is 16.1. The lowest BCUT2D eigenvalue weighted by molar-refractivity contribution is 0.268. The molecule has 1 heterocycles. The van der Waals surface area contributed by atoms with Gasteiger partial charge in [-0.1, -0.05) is 37.3 Å². The fraction of sp³-hybridized carbons (Fsp3) is 0.471. The first-order valence-corrected chi connectivity index (χ1v) is 8.12. The zero-order valence-electron chi connectivity index (χ0n) is 12.9. The molecule has 0 saturated carbocycles. The Kier molecular flexibility index (Phi) is 6.27. The molecule has 0 spiro atoms. The first-order chi connectivity index (χ1) is 10.2. The summed E-state index contributed by atoms with van der Waals surface area (Å²) in [6.07, 6.45) is 3.17. The lowest BCUT2D eigenvalue weighted by Gasteiger charge is -2.20. The van der Waals surface area contributed by atoms with Crippen LogP contribution in [0.4, 0.5) is 0 Å². The van der Waals surface area contributed by atoms with E-state index in [1.807, 2.05) is 6.07 Å². The summed E-state index contributed by atoms with van der Waals surface area (Å²) in [4.78, 5) is 2.34. The molecule has 0 aliphatic rings. The summed E-state index contributed by atoms with van der Waals surface area (Å²) in [5.74, 6) is 0.638. The summed E-state index contributed by atoms with van der Waals surface area (Å²) in [5.41, 5.74) is 2.42. The number of alkyl halides is 1. The van der Waals surface area contributed by atoms with E-state index in [1.165, 1.54) is 5.56 Å². The average Bonchev–Trinajstić information content (AvgIpc) is 2.96. The van der Waals surface area contributed by atoms with Crippen LogP contribution in [0.1, 0.15) is 37.6 Å². The Labute approximate surface area is 132 Å². The molecule has 0 amide bonds. The second kappa shape index (κ2) is 8.20. The zero-order valence-corrected chi connectivity index (χ0v) is 13.6. The summed E-state index contributed by atoms with van der Waals surface area (Å²) in [6, 6.07) is 13.1. The van der Waals surface area contributed by atoms with Gasteiger partial charge in [-0.2, -0.15) is 5.10 Å². The normalized spacial score (nSPS) is 12.8. The molecule has 1 aromatic carbocycles. The smallest absolute Gasteiger partial charge is 0.0765 e. The Balaban J connectivity index is 2.00. The second-order valence-corrected chi connectivity index (χ2v) is 5.81. The molecule has 21 heavy (non-hydrogen) atoms. The van der Waals surface area contributed by atoms with Crippen LogP contribution in [0.25, 0.3) is 0 Å². The van der Waals surface area contributed by atoms with Crippen LogP contribution in [0.2, 0.25) is 0 Å². The van der Waals surface area contributed by atoms with Gasteiger partial charge in [0.1, 0.15) is 0 Å². The summed E-state index contributed by atoms with van der Waals surface area (Å²) < 4.78 is 2.05. The van der Waals surface area contributed by atoms with Gasteiger partial charge in [-0.3, -0.25) is 9.58 Å². The molecule has 1 aromatic heterocycles. The molecule has 0 fully saturated rings. The maximum absolute atomic E-state index is 5.94. The molecule has 1 unspecified atom stereocenters. The second-order valence-electron chi connectivity index (χ2n) is 5.43. The first-order valence-electron chi connectivity index (χ1n) is 7.59. The number of rotatable bonds is 8. The maximum atomic E-state index is 5.94. The van der Waals surface area contributed by atoms with Crippen molar-refractivity contribution >= 4 is 11.6 Å². The molecule has 0 N–H and O–H groups in total. The highest BCUT2D eigenvalue weighted by molar-refractivity contribution is 6.18. The van der Waals surface area contributed by atoms with Crippen LogP contribution >= 0.6 is 11.6 Å². The summed E-state index contributed by atoms with van der Waals surface area (Å²) in [5, 5.41) is 4.68. The molecule has 0 aliphatic carbocycles. The number of hydrogen-bond donors (Lipinski definition) is 0. The van der Waals surface area contributed by atoms with E-state index in [-0.39, 0.29) is 0 Å². The van der Waals surface area contributed by atoms with E-state index in [2.05, 4.69) is 65.1 Å². The molecular weight excluding hydrogens is 282 g/mol. The third-order valence-electron chi connectivity index (χ3n) is 3.74. The fourth-order valence-corrected chi connectivity index (χ4v) is 2.54. The van der Waals surface area contributed by atoms with Gasteiger partial charge in [-0.05, 0) is 25.0 Å². The number of halogens is 1. The molecule has 114 valence electrons. The molecule has 3 nitrogen and oxygen atoms in total. The molecule has 0 aliphatic heterocycles. The third-order valence-corrected chi connectivity index (χ3v) is 3.91. The topological polar surface area (TPSA) is 21.1 Å². The van der Waals surface area contributed by atoms with E-state index in [0.717, 1.165) is 31.7 Å². The molecule has 2 rings (SSSR count). The zero-order chi connectivity index (χ0) is 15.1. The number of hydrogen-bond acceptors (Lipinski definition) is 2. The summed E-state index contributed by atoms with van der Waals surface area (Å²) in [6.45, 7) is 6.99. The Hall–Kier alpha value is -1.32. The van der Waals surface area contributed by atoms with E-state index >= 15 is 0 Å². The van der Waals surface area contributed by atoms with Crippen LogP contribution in [0.3, 0.4) is 0 Å². The Morgan fingerprint density at radius 1 is 1.19 bits per heavy atom. The van der Waals surface area contributed by atoms with Gasteiger partial charge in [0.25, 0.3) is 0 Å². The molecule has 0 radical (unpaired) electrons. The SMILES string of the molecule is CCC(C)n1ccc(CN(CCCl)Cc2ccccc2)n1. The van der Waals surface area contributed by atoms with Gasteiger partial charge in [-0.25, -0.2) is 0 Å². The van der Waals surface area contributed by atoms with E-state index in [4.69, 9.17) is 11.6 Å². The quantitative estimate of drug-likeness (QED) is 0.685. The third kappa shape index (κ3) is 4.87. The van der Waals surface area contributed by atoms with Gasteiger partial charge in [0, 0.05) is 37.8 Å². The molecule has 0 saturated heterocycles. The minimum Gasteiger partial charge on any atom is -0.292 e. The van der Waals surface area contributed by atoms with E-state index in [0.29, 0.717) is 11.9 Å². The van der Waals surface area contributed by atoms with E-state index in [9.17, 15) is 0 Å². The lowest BCUT2D eigenvalue weighted by atomic mass is 10.2. The van der Waals surface area contributed by atoms with Crippen LogP contribution < -0.4 is 0 Å². The van der Waals surface area contributed by atoms with Crippen molar-refractivity contribution in [2.24, 2.45) is 0 Å². The van der Waals surface area contributed by atoms with Crippen LogP contribution in [0.15, 0.2) is 42.6 Å². The van der Waals surface area contributed by atoms with Crippen molar-refractivity contribution in [3.8, 4) is 0 Å². The Morgan fingerprint density at radius 3 is 2.62 bits per heavy atom. The number of nitrogens with zero attached hydrogens (tertiary/aromatic N) is 3. The average molecular weight is 306 g/mol. The highest BCUT2D eigenvalue weighted by Crippen LogP contribution is 2.12. The molecule has 2 aromatic rings. The van der Waals surface area contributed by atoms with Crippen molar-refractivity contribution in [1.82, 2.24) is 14.7 Å². The van der Waals surface area contributed by atoms with Gasteiger partial charge in [0.05, 0.1) is 5.69 Å². The van der Waals surface area contributed by atoms with Gasteiger partial charge in [0.15, 0.2) is 0 Å². The van der Waals surface area contributed by atoms with Crippen LogP contribution in [-0.2, 0) is 13.1 Å². The molecule has 4 heteroatoms. The predicted molar refractivity (Wildman–Crippen MR) is 88.5 cm³/mol. The number of aromatic nitrogens is 2. The maximum Gasteiger partial charge on any atom is 0.0765 e. The highest BCUT2D eigenvalue weighted by atomic mass is 35.5. The predicted octanol–water partition coefficient (Wildman–Crippen LogP) is 4.10. The van der Waals surface area contributed by atoms with Gasteiger partial charge >= 0.3 is 0 Å². The monoisotopic (exact) mass is 305 g/mol. The molecular formula is C17H24ClN3. The lowest BCUT2D eigenvalue weighted by Crippen LogP contribution is -2.25. The van der Waals surface area contributed by atoms with Crippen LogP contribution in [0.5, 0.6) is 0 Å². The van der Waals surface area contributed by atoms with Crippen molar-refractivity contribution in [3.63, 3.8) is 0 Å². The Morgan fingerprint density at radius 2 is 1.95 bits per heavy atom. The van der Waals surface area contributed by atoms with Crippen molar-refractivity contribution in [2.75, 3.05) is 12.4 Å². The van der Waals surface area contributed by atoms with Crippen LogP contribution in [-0.4, -0.2) is 27.1 Å².